The third kappa shape index (κ3) is 6.73. The summed E-state index contributed by atoms with van der Waals surface area (Å²) in [6.07, 6.45) is 4.92. The van der Waals surface area contributed by atoms with Crippen LogP contribution in [0.1, 0.15) is 67.5 Å². The lowest BCUT2D eigenvalue weighted by atomic mass is 10.0. The first-order valence-corrected chi connectivity index (χ1v) is 17.9. The Labute approximate surface area is 303 Å². The minimum atomic E-state index is -0.672. The van der Waals surface area contributed by atoms with Gasteiger partial charge in [0.25, 0.3) is 5.91 Å². The van der Waals surface area contributed by atoms with Gasteiger partial charge in [-0.25, -0.2) is 0 Å². The number of fused-ring (bicyclic) bond motifs is 4. The van der Waals surface area contributed by atoms with Gasteiger partial charge in [0.1, 0.15) is 35.8 Å². The number of benzene rings is 2. The maximum Gasteiger partial charge on any atom is 0.255 e. The summed E-state index contributed by atoms with van der Waals surface area (Å²) in [5.74, 6) is 7.95. The first-order valence-electron chi connectivity index (χ1n) is 17.1. The lowest BCUT2D eigenvalue weighted by Gasteiger charge is -2.29. The van der Waals surface area contributed by atoms with E-state index in [2.05, 4.69) is 49.2 Å². The van der Waals surface area contributed by atoms with Crippen LogP contribution in [0.3, 0.4) is 0 Å². The van der Waals surface area contributed by atoms with Gasteiger partial charge in [0.05, 0.1) is 49.5 Å². The Balaban J connectivity index is 0.873. The second-order valence-corrected chi connectivity index (χ2v) is 13.7. The molecule has 0 saturated carbocycles. The van der Waals surface area contributed by atoms with Crippen molar-refractivity contribution >= 4 is 29.1 Å². The van der Waals surface area contributed by atoms with E-state index in [1.54, 1.807) is 34.3 Å². The van der Waals surface area contributed by atoms with E-state index in [9.17, 15) is 14.4 Å². The fourth-order valence-corrected chi connectivity index (χ4v) is 8.00. The molecule has 3 aliphatic rings. The van der Waals surface area contributed by atoms with Crippen LogP contribution in [-0.2, 0) is 51.8 Å². The standard InChI is InChI=1S/C38H35N7O6S/c1-24-41-42-34-23-50-22-30-28(18-25-6-3-2-4-7-25)33(52-38(30)45(24)34)12-10-26-19-39-43(20-26)14-15-49-16-17-51-32-9-5-8-27-29(32)21-44(37(27)48)31-11-13-35(46)40-36(31)47/h2-9,19-20,31H,11,13-18,21-23H2,1H3,(H,40,46,47). The van der Waals surface area contributed by atoms with Crippen LogP contribution in [0.25, 0.3) is 5.00 Å². The van der Waals surface area contributed by atoms with Crippen molar-refractivity contribution in [1.82, 2.24) is 34.8 Å². The molecule has 6 heterocycles. The van der Waals surface area contributed by atoms with Crippen LogP contribution in [0.15, 0.2) is 60.9 Å². The number of ether oxygens (including phenoxy) is 3. The zero-order chi connectivity index (χ0) is 35.6. The van der Waals surface area contributed by atoms with Crippen molar-refractivity contribution < 1.29 is 28.6 Å². The summed E-state index contributed by atoms with van der Waals surface area (Å²) in [5, 5.41) is 16.5. The van der Waals surface area contributed by atoms with E-state index in [1.807, 2.05) is 37.4 Å². The number of rotatable bonds is 10. The van der Waals surface area contributed by atoms with E-state index in [0.29, 0.717) is 50.7 Å². The van der Waals surface area contributed by atoms with Crippen molar-refractivity contribution in [2.24, 2.45) is 0 Å². The molecular formula is C38H35N7O6S. The first kappa shape index (κ1) is 33.5. The highest BCUT2D eigenvalue weighted by atomic mass is 32.1. The largest absolute Gasteiger partial charge is 0.491 e. The molecule has 3 aromatic heterocycles. The summed E-state index contributed by atoms with van der Waals surface area (Å²) in [6.45, 7) is 4.69. The van der Waals surface area contributed by atoms with Gasteiger partial charge in [-0.2, -0.15) is 5.10 Å². The molecule has 0 spiro atoms. The van der Waals surface area contributed by atoms with E-state index in [1.165, 1.54) is 10.5 Å². The smallest absolute Gasteiger partial charge is 0.255 e. The molecule has 13 nitrogen and oxygen atoms in total. The van der Waals surface area contributed by atoms with Gasteiger partial charge in [0.2, 0.25) is 11.8 Å². The van der Waals surface area contributed by atoms with Crippen LogP contribution in [0.4, 0.5) is 0 Å². The average Bonchev–Trinajstić information content (AvgIpc) is 3.89. The molecule has 52 heavy (non-hydrogen) atoms. The van der Waals surface area contributed by atoms with Crippen LogP contribution in [-0.4, -0.2) is 73.0 Å². The third-order valence-corrected chi connectivity index (χ3v) is 10.5. The van der Waals surface area contributed by atoms with Crippen molar-refractivity contribution in [2.45, 2.75) is 58.5 Å². The minimum Gasteiger partial charge on any atom is -0.491 e. The SMILES string of the molecule is Cc1nnc2n1-c1sc(C#Cc3cnn(CCOCCOc4cccc5c4CN(C4CCC(=O)NC4=O)C5=O)c3)c(Cc3ccccc3)c1COC2. The topological polar surface area (TPSA) is 143 Å². The Hall–Kier alpha value is -5.62. The fourth-order valence-electron chi connectivity index (χ4n) is 6.75. The van der Waals surface area contributed by atoms with Crippen molar-refractivity contribution in [3.63, 3.8) is 0 Å². The van der Waals surface area contributed by atoms with Gasteiger partial charge in [-0.05, 0) is 43.0 Å². The molecule has 1 fully saturated rings. The van der Waals surface area contributed by atoms with E-state index in [-0.39, 0.29) is 31.4 Å². The highest BCUT2D eigenvalue weighted by Gasteiger charge is 2.40. The fraction of sp³-hybridized carbons (Fsp3) is 0.316. The number of aromatic nitrogens is 5. The number of amides is 3. The van der Waals surface area contributed by atoms with E-state index in [4.69, 9.17) is 14.2 Å². The average molecular weight is 718 g/mol. The number of carbonyl (C=O) groups excluding carboxylic acids is 3. The van der Waals surface area contributed by atoms with E-state index in [0.717, 1.165) is 50.2 Å². The van der Waals surface area contributed by atoms with Gasteiger partial charge in [-0.15, -0.1) is 21.5 Å². The summed E-state index contributed by atoms with van der Waals surface area (Å²) in [4.78, 5) is 39.5. The predicted molar refractivity (Wildman–Crippen MR) is 189 cm³/mol. The van der Waals surface area contributed by atoms with Crippen molar-refractivity contribution in [1.29, 1.82) is 0 Å². The molecule has 3 amide bonds. The normalized spacial score (nSPS) is 16.4. The molecular weight excluding hydrogens is 683 g/mol. The maximum absolute atomic E-state index is 13.1. The summed E-state index contributed by atoms with van der Waals surface area (Å²) in [6, 6.07) is 15.0. The number of nitrogens with one attached hydrogen (secondary N) is 1. The number of piperidine rings is 1. The summed E-state index contributed by atoms with van der Waals surface area (Å²) < 4.78 is 21.7. The monoisotopic (exact) mass is 717 g/mol. The maximum atomic E-state index is 13.1. The molecule has 1 unspecified atom stereocenters. The number of nitrogens with zero attached hydrogens (tertiary/aromatic N) is 6. The molecule has 0 bridgehead atoms. The lowest BCUT2D eigenvalue weighted by Crippen LogP contribution is -2.52. The Kier molecular flexibility index (Phi) is 9.38. The van der Waals surface area contributed by atoms with Gasteiger partial charge in [0, 0.05) is 29.3 Å². The highest BCUT2D eigenvalue weighted by Crippen LogP contribution is 2.37. The minimum absolute atomic E-state index is 0.208. The molecule has 1 N–H and O–H groups in total. The number of aryl methyl sites for hydroxylation is 1. The number of hydrogen-bond acceptors (Lipinski definition) is 10. The first-order chi connectivity index (χ1) is 25.4. The molecule has 1 atom stereocenters. The van der Waals surface area contributed by atoms with Crippen LogP contribution in [0, 0.1) is 18.8 Å². The lowest BCUT2D eigenvalue weighted by molar-refractivity contribution is -0.136. The van der Waals surface area contributed by atoms with Crippen molar-refractivity contribution in [3.8, 4) is 22.6 Å². The Morgan fingerprint density at radius 1 is 1.00 bits per heavy atom. The Bertz CT molecular complexity index is 2230. The molecule has 8 rings (SSSR count). The van der Waals surface area contributed by atoms with E-state index >= 15 is 0 Å². The molecule has 0 radical (unpaired) electrons. The van der Waals surface area contributed by atoms with Crippen LogP contribution in [0.2, 0.25) is 0 Å². The molecule has 2 aromatic carbocycles. The Morgan fingerprint density at radius 3 is 2.75 bits per heavy atom. The zero-order valence-electron chi connectivity index (χ0n) is 28.5. The van der Waals surface area contributed by atoms with Crippen LogP contribution < -0.4 is 10.1 Å². The van der Waals surface area contributed by atoms with Gasteiger partial charge >= 0.3 is 0 Å². The summed E-state index contributed by atoms with van der Waals surface area (Å²) in [7, 11) is 0. The van der Waals surface area contributed by atoms with Gasteiger partial charge < -0.3 is 19.1 Å². The van der Waals surface area contributed by atoms with E-state index < -0.39 is 11.9 Å². The number of carbonyl (C=O) groups is 3. The third-order valence-electron chi connectivity index (χ3n) is 9.33. The molecule has 5 aromatic rings. The van der Waals surface area contributed by atoms with Gasteiger partial charge in [-0.1, -0.05) is 48.2 Å². The number of hydrogen-bond donors (Lipinski definition) is 1. The highest BCUT2D eigenvalue weighted by molar-refractivity contribution is 7.15. The molecule has 3 aliphatic heterocycles. The molecule has 14 heteroatoms. The zero-order valence-corrected chi connectivity index (χ0v) is 29.3. The van der Waals surface area contributed by atoms with Crippen LogP contribution in [0.5, 0.6) is 5.75 Å². The van der Waals surface area contributed by atoms with Gasteiger partial charge in [-0.3, -0.25) is 28.9 Å². The molecule has 0 aliphatic carbocycles. The Morgan fingerprint density at radius 2 is 1.88 bits per heavy atom. The predicted octanol–water partition coefficient (Wildman–Crippen LogP) is 3.71. The quantitative estimate of drug-likeness (QED) is 0.130. The molecule has 1 saturated heterocycles. The van der Waals surface area contributed by atoms with Crippen molar-refractivity contribution in [2.75, 3.05) is 19.8 Å². The molecule has 264 valence electrons. The summed E-state index contributed by atoms with van der Waals surface area (Å²) >= 11 is 1.64. The number of thiophene rings is 1. The second-order valence-electron chi connectivity index (χ2n) is 12.7. The second kappa shape index (κ2) is 14.5. The number of imide groups is 1. The summed E-state index contributed by atoms with van der Waals surface area (Å²) in [5.41, 5.74) is 5.52. The van der Waals surface area contributed by atoms with Crippen molar-refractivity contribution in [3.05, 3.63) is 111 Å². The van der Waals surface area contributed by atoms with Crippen LogP contribution >= 0.6 is 11.3 Å². The van der Waals surface area contributed by atoms with Gasteiger partial charge in [0.15, 0.2) is 5.82 Å².